The van der Waals surface area contributed by atoms with E-state index in [1.807, 2.05) is 29.2 Å². The summed E-state index contributed by atoms with van der Waals surface area (Å²) in [6, 6.07) is 7.52. The Morgan fingerprint density at radius 1 is 1.12 bits per heavy atom. The molecule has 0 bridgehead atoms. The van der Waals surface area contributed by atoms with Crippen molar-refractivity contribution < 1.29 is 9.59 Å². The van der Waals surface area contributed by atoms with Gasteiger partial charge in [-0.3, -0.25) is 4.79 Å². The minimum atomic E-state index is -0.707. The standard InChI is InChI=1S/C18H26N4O2/c19-18(8-1-2-9-18)16(23)20-13-14-6-5-7-15(12-14)21-17(24)22-10-3-4-11-22/h5-7,12H,1-4,8-11,13,19H2,(H,20,23)(H,21,24). The van der Waals surface area contributed by atoms with Crippen molar-refractivity contribution in [3.63, 3.8) is 0 Å². The summed E-state index contributed by atoms with van der Waals surface area (Å²) in [7, 11) is 0. The Balaban J connectivity index is 1.55. The third-order valence-electron chi connectivity index (χ3n) is 4.97. The molecule has 1 saturated heterocycles. The van der Waals surface area contributed by atoms with Gasteiger partial charge in [0.1, 0.15) is 0 Å². The lowest BCUT2D eigenvalue weighted by atomic mass is 9.98. The Bertz CT molecular complexity index is 605. The molecule has 1 aliphatic carbocycles. The highest BCUT2D eigenvalue weighted by molar-refractivity contribution is 5.89. The van der Waals surface area contributed by atoms with Gasteiger partial charge in [-0.1, -0.05) is 25.0 Å². The van der Waals surface area contributed by atoms with Gasteiger partial charge in [0.2, 0.25) is 5.91 Å². The SMILES string of the molecule is NC1(C(=O)NCc2cccc(NC(=O)N3CCCC3)c2)CCCC1. The van der Waals surface area contributed by atoms with Crippen molar-refractivity contribution in [2.75, 3.05) is 18.4 Å². The van der Waals surface area contributed by atoms with E-state index >= 15 is 0 Å². The molecule has 4 N–H and O–H groups in total. The van der Waals surface area contributed by atoms with Crippen molar-refractivity contribution in [2.24, 2.45) is 5.73 Å². The molecule has 2 fully saturated rings. The minimum absolute atomic E-state index is 0.0550. The molecule has 6 heteroatoms. The Kier molecular flexibility index (Phi) is 5.04. The van der Waals surface area contributed by atoms with Crippen molar-refractivity contribution in [3.8, 4) is 0 Å². The van der Waals surface area contributed by atoms with E-state index in [1.54, 1.807) is 0 Å². The van der Waals surface area contributed by atoms with Gasteiger partial charge in [-0.05, 0) is 43.4 Å². The molecule has 6 nitrogen and oxygen atoms in total. The molecule has 3 amide bonds. The molecule has 0 radical (unpaired) electrons. The van der Waals surface area contributed by atoms with Crippen LogP contribution in [0.15, 0.2) is 24.3 Å². The second-order valence-electron chi connectivity index (χ2n) is 6.87. The van der Waals surface area contributed by atoms with Crippen molar-refractivity contribution in [2.45, 2.75) is 50.6 Å². The Labute approximate surface area is 142 Å². The van der Waals surface area contributed by atoms with Gasteiger partial charge in [0.05, 0.1) is 5.54 Å². The van der Waals surface area contributed by atoms with E-state index in [9.17, 15) is 9.59 Å². The van der Waals surface area contributed by atoms with Crippen LogP contribution in [0.2, 0.25) is 0 Å². The van der Waals surface area contributed by atoms with Crippen LogP contribution in [0.3, 0.4) is 0 Å². The topological polar surface area (TPSA) is 87.5 Å². The number of hydrogen-bond donors (Lipinski definition) is 3. The van der Waals surface area contributed by atoms with Crippen molar-refractivity contribution in [1.29, 1.82) is 0 Å². The van der Waals surface area contributed by atoms with Crippen LogP contribution in [0.1, 0.15) is 44.1 Å². The minimum Gasteiger partial charge on any atom is -0.350 e. The van der Waals surface area contributed by atoms with Crippen LogP contribution in [0.25, 0.3) is 0 Å². The lowest BCUT2D eigenvalue weighted by Crippen LogP contribution is -2.51. The fourth-order valence-corrected chi connectivity index (χ4v) is 3.47. The second-order valence-corrected chi connectivity index (χ2v) is 6.87. The predicted octanol–water partition coefficient (Wildman–Crippen LogP) is 2.20. The van der Waals surface area contributed by atoms with E-state index in [1.165, 1.54) is 0 Å². The molecule has 0 unspecified atom stereocenters. The molecule has 0 aromatic heterocycles. The number of carbonyl (C=O) groups excluding carboxylic acids is 2. The molecule has 0 spiro atoms. The second kappa shape index (κ2) is 7.21. The number of nitrogens with two attached hydrogens (primary N) is 1. The first kappa shape index (κ1) is 16.8. The zero-order valence-electron chi connectivity index (χ0n) is 14.0. The third kappa shape index (κ3) is 3.87. The smallest absolute Gasteiger partial charge is 0.321 e. The maximum atomic E-state index is 12.3. The van der Waals surface area contributed by atoms with Crippen molar-refractivity contribution in [3.05, 3.63) is 29.8 Å². The van der Waals surface area contributed by atoms with Crippen LogP contribution in [0.4, 0.5) is 10.5 Å². The molecule has 24 heavy (non-hydrogen) atoms. The van der Waals surface area contributed by atoms with Crippen LogP contribution < -0.4 is 16.4 Å². The number of benzene rings is 1. The van der Waals surface area contributed by atoms with Gasteiger partial charge in [0.25, 0.3) is 0 Å². The van der Waals surface area contributed by atoms with Gasteiger partial charge in [0.15, 0.2) is 0 Å². The summed E-state index contributed by atoms with van der Waals surface area (Å²) in [5.74, 6) is -0.0773. The van der Waals surface area contributed by atoms with Gasteiger partial charge in [0, 0.05) is 25.3 Å². The number of urea groups is 1. The molecule has 2 aliphatic rings. The average molecular weight is 330 g/mol. The Morgan fingerprint density at radius 2 is 1.83 bits per heavy atom. The van der Waals surface area contributed by atoms with Crippen LogP contribution >= 0.6 is 0 Å². The fourth-order valence-electron chi connectivity index (χ4n) is 3.47. The van der Waals surface area contributed by atoms with Gasteiger partial charge < -0.3 is 21.3 Å². The largest absolute Gasteiger partial charge is 0.350 e. The van der Waals surface area contributed by atoms with Crippen molar-refractivity contribution >= 4 is 17.6 Å². The molecule has 1 heterocycles. The third-order valence-corrected chi connectivity index (χ3v) is 4.97. The van der Waals surface area contributed by atoms with E-state index in [2.05, 4.69) is 10.6 Å². The van der Waals surface area contributed by atoms with Crippen LogP contribution in [-0.2, 0) is 11.3 Å². The van der Waals surface area contributed by atoms with Gasteiger partial charge in [-0.2, -0.15) is 0 Å². The van der Waals surface area contributed by atoms with Crippen LogP contribution in [0, 0.1) is 0 Å². The summed E-state index contributed by atoms with van der Waals surface area (Å²) >= 11 is 0. The summed E-state index contributed by atoms with van der Waals surface area (Å²) < 4.78 is 0. The highest BCUT2D eigenvalue weighted by Gasteiger charge is 2.36. The van der Waals surface area contributed by atoms with Crippen molar-refractivity contribution in [1.82, 2.24) is 10.2 Å². The zero-order valence-corrected chi connectivity index (χ0v) is 14.0. The summed E-state index contributed by atoms with van der Waals surface area (Å²) in [6.45, 7) is 2.06. The molecule has 0 atom stereocenters. The number of hydrogen-bond acceptors (Lipinski definition) is 3. The normalized spacial score (nSPS) is 19.3. The van der Waals surface area contributed by atoms with Gasteiger partial charge in [-0.25, -0.2) is 4.79 Å². The number of carbonyl (C=O) groups is 2. The maximum Gasteiger partial charge on any atom is 0.321 e. The monoisotopic (exact) mass is 330 g/mol. The number of likely N-dealkylation sites (tertiary alicyclic amines) is 1. The van der Waals surface area contributed by atoms with E-state index in [0.29, 0.717) is 6.54 Å². The van der Waals surface area contributed by atoms with Crippen LogP contribution in [-0.4, -0.2) is 35.5 Å². The Morgan fingerprint density at radius 3 is 2.54 bits per heavy atom. The summed E-state index contributed by atoms with van der Waals surface area (Å²) in [5, 5.41) is 5.85. The van der Waals surface area contributed by atoms with E-state index in [4.69, 9.17) is 5.73 Å². The molecule has 1 aliphatic heterocycles. The number of anilines is 1. The predicted molar refractivity (Wildman–Crippen MR) is 93.5 cm³/mol. The van der Waals surface area contributed by atoms with E-state index in [0.717, 1.165) is 62.9 Å². The molecule has 3 rings (SSSR count). The summed E-state index contributed by atoms with van der Waals surface area (Å²) in [6.07, 6.45) is 5.68. The maximum absolute atomic E-state index is 12.3. The number of nitrogens with zero attached hydrogens (tertiary/aromatic N) is 1. The molecular weight excluding hydrogens is 304 g/mol. The summed E-state index contributed by atoms with van der Waals surface area (Å²) in [4.78, 5) is 26.2. The zero-order chi connectivity index (χ0) is 17.0. The molecule has 130 valence electrons. The van der Waals surface area contributed by atoms with Crippen LogP contribution in [0.5, 0.6) is 0 Å². The average Bonchev–Trinajstić information content (AvgIpc) is 3.25. The molecular formula is C18H26N4O2. The van der Waals surface area contributed by atoms with Gasteiger partial charge in [-0.15, -0.1) is 0 Å². The first-order valence-electron chi connectivity index (χ1n) is 8.79. The fraction of sp³-hybridized carbons (Fsp3) is 0.556. The summed E-state index contributed by atoms with van der Waals surface area (Å²) in [5.41, 5.74) is 7.15. The van der Waals surface area contributed by atoms with E-state index in [-0.39, 0.29) is 11.9 Å². The molecule has 1 saturated carbocycles. The van der Waals surface area contributed by atoms with E-state index < -0.39 is 5.54 Å². The highest BCUT2D eigenvalue weighted by atomic mass is 16.2. The highest BCUT2D eigenvalue weighted by Crippen LogP contribution is 2.27. The number of rotatable bonds is 4. The first-order valence-corrected chi connectivity index (χ1v) is 8.79. The number of amides is 3. The molecule has 1 aromatic carbocycles. The Hall–Kier alpha value is -2.08. The quantitative estimate of drug-likeness (QED) is 0.791. The molecule has 1 aromatic rings. The lowest BCUT2D eigenvalue weighted by Gasteiger charge is -2.22. The van der Waals surface area contributed by atoms with Gasteiger partial charge >= 0.3 is 6.03 Å². The number of nitrogens with one attached hydrogen (secondary N) is 2. The first-order chi connectivity index (χ1) is 11.6. The lowest BCUT2D eigenvalue weighted by molar-refractivity contribution is -0.126.